The van der Waals surface area contributed by atoms with Crippen molar-refractivity contribution in [1.82, 2.24) is 15.1 Å². The molecule has 5 nitrogen and oxygen atoms in total. The molecule has 0 radical (unpaired) electrons. The molecule has 1 amide bonds. The number of aryl methyl sites for hydroxylation is 2. The normalized spacial score (nSPS) is 11.9. The predicted molar refractivity (Wildman–Crippen MR) is 110 cm³/mol. The van der Waals surface area contributed by atoms with Gasteiger partial charge in [-0.2, -0.15) is 5.10 Å². The molecule has 0 unspecified atom stereocenters. The summed E-state index contributed by atoms with van der Waals surface area (Å²) in [4.78, 5) is 12.4. The van der Waals surface area contributed by atoms with Gasteiger partial charge in [-0.25, -0.2) is 0 Å². The van der Waals surface area contributed by atoms with Gasteiger partial charge < -0.3 is 10.1 Å². The first kappa shape index (κ1) is 19.7. The van der Waals surface area contributed by atoms with Crippen LogP contribution in [0.5, 0.6) is 5.75 Å². The van der Waals surface area contributed by atoms with E-state index in [-0.39, 0.29) is 5.91 Å². The van der Waals surface area contributed by atoms with E-state index in [9.17, 15) is 4.79 Å². The van der Waals surface area contributed by atoms with E-state index in [0.29, 0.717) is 18.8 Å². The molecule has 1 aromatic heterocycles. The summed E-state index contributed by atoms with van der Waals surface area (Å²) in [6.07, 6.45) is -0.567. The Kier molecular flexibility index (Phi) is 6.14. The summed E-state index contributed by atoms with van der Waals surface area (Å²) in [7, 11) is 0. The Morgan fingerprint density at radius 2 is 1.75 bits per heavy atom. The fourth-order valence-corrected chi connectivity index (χ4v) is 3.09. The molecule has 28 heavy (non-hydrogen) atoms. The van der Waals surface area contributed by atoms with Gasteiger partial charge in [0, 0.05) is 17.8 Å². The van der Waals surface area contributed by atoms with Crippen LogP contribution in [-0.4, -0.2) is 21.8 Å². The van der Waals surface area contributed by atoms with Crippen LogP contribution < -0.4 is 10.1 Å². The van der Waals surface area contributed by atoms with Crippen molar-refractivity contribution in [3.05, 3.63) is 82.7 Å². The number of amides is 1. The average Bonchev–Trinajstić information content (AvgIpc) is 2.95. The molecule has 0 saturated carbocycles. The Labute approximate surface area is 166 Å². The number of benzene rings is 2. The van der Waals surface area contributed by atoms with E-state index in [1.54, 1.807) is 6.92 Å². The second-order valence-corrected chi connectivity index (χ2v) is 7.08. The molecule has 0 bridgehead atoms. The van der Waals surface area contributed by atoms with Gasteiger partial charge in [0.05, 0.1) is 12.2 Å². The number of carbonyl (C=O) groups excluding carboxylic acids is 1. The molecule has 146 valence electrons. The molecular weight excluding hydrogens is 350 g/mol. The summed E-state index contributed by atoms with van der Waals surface area (Å²) in [5.41, 5.74) is 5.40. The van der Waals surface area contributed by atoms with Crippen LogP contribution in [0.1, 0.15) is 35.0 Å². The molecule has 3 rings (SSSR count). The van der Waals surface area contributed by atoms with Gasteiger partial charge in [0.1, 0.15) is 5.75 Å². The van der Waals surface area contributed by atoms with Crippen LogP contribution in [-0.2, 0) is 17.9 Å². The summed E-state index contributed by atoms with van der Waals surface area (Å²) >= 11 is 0. The first-order valence-corrected chi connectivity index (χ1v) is 9.52. The van der Waals surface area contributed by atoms with E-state index in [1.807, 2.05) is 67.9 Å². The second-order valence-electron chi connectivity index (χ2n) is 7.08. The molecule has 0 saturated heterocycles. The van der Waals surface area contributed by atoms with Crippen LogP contribution in [0.2, 0.25) is 0 Å². The van der Waals surface area contributed by atoms with Gasteiger partial charge in [-0.3, -0.25) is 9.48 Å². The maximum Gasteiger partial charge on any atom is 0.261 e. The van der Waals surface area contributed by atoms with Crippen molar-refractivity contribution >= 4 is 5.91 Å². The second kappa shape index (κ2) is 8.74. The van der Waals surface area contributed by atoms with Crippen molar-refractivity contribution < 1.29 is 9.53 Å². The number of hydrogen-bond donors (Lipinski definition) is 1. The van der Waals surface area contributed by atoms with Crippen LogP contribution in [0.3, 0.4) is 0 Å². The number of carbonyl (C=O) groups is 1. The van der Waals surface area contributed by atoms with Crippen LogP contribution >= 0.6 is 0 Å². The largest absolute Gasteiger partial charge is 0.481 e. The molecular formula is C23H27N3O2. The number of nitrogens with one attached hydrogen (secondary N) is 1. The van der Waals surface area contributed by atoms with Gasteiger partial charge in [-0.05, 0) is 45.4 Å². The number of aromatic nitrogens is 2. The minimum absolute atomic E-state index is 0.143. The van der Waals surface area contributed by atoms with E-state index in [2.05, 4.69) is 22.5 Å². The van der Waals surface area contributed by atoms with Gasteiger partial charge in [-0.1, -0.05) is 48.0 Å². The highest BCUT2D eigenvalue weighted by Crippen LogP contribution is 2.16. The maximum atomic E-state index is 12.4. The molecule has 0 aliphatic carbocycles. The summed E-state index contributed by atoms with van der Waals surface area (Å²) in [5, 5.41) is 7.61. The van der Waals surface area contributed by atoms with Crippen LogP contribution in [0.25, 0.3) is 0 Å². The maximum absolute atomic E-state index is 12.4. The monoisotopic (exact) mass is 377 g/mol. The first-order valence-electron chi connectivity index (χ1n) is 9.52. The number of ether oxygens (including phenoxy) is 1. The van der Waals surface area contributed by atoms with Crippen molar-refractivity contribution in [1.29, 1.82) is 0 Å². The fourth-order valence-electron chi connectivity index (χ4n) is 3.09. The highest BCUT2D eigenvalue weighted by molar-refractivity contribution is 5.80. The first-order chi connectivity index (χ1) is 13.4. The van der Waals surface area contributed by atoms with Gasteiger partial charge in [0.25, 0.3) is 5.91 Å². The van der Waals surface area contributed by atoms with Crippen LogP contribution in [0, 0.1) is 20.8 Å². The third-order valence-corrected chi connectivity index (χ3v) is 4.85. The zero-order chi connectivity index (χ0) is 20.1. The lowest BCUT2D eigenvalue weighted by Crippen LogP contribution is -2.36. The molecule has 2 aromatic carbocycles. The number of hydrogen-bond acceptors (Lipinski definition) is 3. The smallest absolute Gasteiger partial charge is 0.261 e. The van der Waals surface area contributed by atoms with Crippen LogP contribution in [0.15, 0.2) is 54.6 Å². The molecule has 1 atom stereocenters. The lowest BCUT2D eigenvalue weighted by atomic mass is 10.2. The topological polar surface area (TPSA) is 56.1 Å². The van der Waals surface area contributed by atoms with Gasteiger partial charge in [0.2, 0.25) is 0 Å². The quantitative estimate of drug-likeness (QED) is 0.678. The lowest BCUT2D eigenvalue weighted by Gasteiger charge is -2.15. The van der Waals surface area contributed by atoms with E-state index in [0.717, 1.165) is 22.5 Å². The van der Waals surface area contributed by atoms with Crippen molar-refractivity contribution in [2.45, 2.75) is 46.9 Å². The average molecular weight is 377 g/mol. The Morgan fingerprint density at radius 3 is 2.43 bits per heavy atom. The predicted octanol–water partition coefficient (Wildman–Crippen LogP) is 3.94. The molecule has 1 N–H and O–H groups in total. The highest BCUT2D eigenvalue weighted by atomic mass is 16.5. The molecule has 3 aromatic rings. The van der Waals surface area contributed by atoms with E-state index in [4.69, 9.17) is 4.74 Å². The molecule has 0 spiro atoms. The van der Waals surface area contributed by atoms with Crippen molar-refractivity contribution in [3.8, 4) is 5.75 Å². The van der Waals surface area contributed by atoms with E-state index in [1.165, 1.54) is 5.56 Å². The summed E-state index contributed by atoms with van der Waals surface area (Å²) in [6.45, 7) is 8.94. The Hall–Kier alpha value is -3.08. The summed E-state index contributed by atoms with van der Waals surface area (Å²) in [6, 6.07) is 17.9. The Morgan fingerprint density at radius 1 is 1.07 bits per heavy atom. The third-order valence-electron chi connectivity index (χ3n) is 4.85. The van der Waals surface area contributed by atoms with Crippen molar-refractivity contribution in [2.24, 2.45) is 0 Å². The van der Waals surface area contributed by atoms with Crippen LogP contribution in [0.4, 0.5) is 0 Å². The van der Waals surface area contributed by atoms with Crippen molar-refractivity contribution in [3.63, 3.8) is 0 Å². The van der Waals surface area contributed by atoms with E-state index >= 15 is 0 Å². The van der Waals surface area contributed by atoms with E-state index < -0.39 is 6.10 Å². The summed E-state index contributed by atoms with van der Waals surface area (Å²) in [5.74, 6) is 0.548. The fraction of sp³-hybridized carbons (Fsp3) is 0.304. The SMILES string of the molecule is Cc1ccc(O[C@@H](C)C(=O)NCc2c(C)nn(Cc3ccccc3)c2C)cc1. The minimum Gasteiger partial charge on any atom is -0.481 e. The minimum atomic E-state index is -0.567. The van der Waals surface area contributed by atoms with Crippen molar-refractivity contribution in [2.75, 3.05) is 0 Å². The summed E-state index contributed by atoms with van der Waals surface area (Å²) < 4.78 is 7.72. The molecule has 1 heterocycles. The Bertz CT molecular complexity index is 930. The lowest BCUT2D eigenvalue weighted by molar-refractivity contribution is -0.127. The number of rotatable bonds is 7. The van der Waals surface area contributed by atoms with Gasteiger partial charge >= 0.3 is 0 Å². The van der Waals surface area contributed by atoms with Gasteiger partial charge in [-0.15, -0.1) is 0 Å². The molecule has 0 fully saturated rings. The molecule has 0 aliphatic heterocycles. The number of nitrogens with zero attached hydrogens (tertiary/aromatic N) is 2. The molecule has 0 aliphatic rings. The Balaban J connectivity index is 1.60. The third kappa shape index (κ3) is 4.80. The zero-order valence-corrected chi connectivity index (χ0v) is 16.9. The highest BCUT2D eigenvalue weighted by Gasteiger charge is 2.17. The van der Waals surface area contributed by atoms with Gasteiger partial charge in [0.15, 0.2) is 6.10 Å². The standard InChI is InChI=1S/C23H27N3O2/c1-16-10-12-21(13-11-16)28-19(4)23(27)24-14-22-17(2)25-26(18(22)3)15-20-8-6-5-7-9-20/h5-13,19H,14-15H2,1-4H3,(H,24,27)/t19-/m0/s1. The molecule has 5 heteroatoms. The zero-order valence-electron chi connectivity index (χ0n) is 16.9.